The highest BCUT2D eigenvalue weighted by atomic mass is 32.1. The lowest BCUT2D eigenvalue weighted by Crippen LogP contribution is -2.05. The molecule has 1 atom stereocenters. The molecule has 0 saturated carbocycles. The summed E-state index contributed by atoms with van der Waals surface area (Å²) in [6.07, 6.45) is 8.39. The molecule has 1 heterocycles. The van der Waals surface area contributed by atoms with E-state index in [4.69, 9.17) is 0 Å². The van der Waals surface area contributed by atoms with E-state index in [0.29, 0.717) is 16.4 Å². The van der Waals surface area contributed by atoms with Gasteiger partial charge in [0.1, 0.15) is 5.82 Å². The number of halogens is 1. The molecule has 1 nitrogen and oxygen atoms in total. The summed E-state index contributed by atoms with van der Waals surface area (Å²) in [6, 6.07) is 8.95. The summed E-state index contributed by atoms with van der Waals surface area (Å²) in [7, 11) is 0. The molecule has 0 radical (unpaired) electrons. The third kappa shape index (κ3) is 3.41. The smallest absolute Gasteiger partial charge is 0.160 e. The Labute approximate surface area is 146 Å². The number of carbonyl (C=O) groups is 1. The van der Waals surface area contributed by atoms with Gasteiger partial charge < -0.3 is 0 Å². The fourth-order valence-electron chi connectivity index (χ4n) is 3.21. The number of aldehydes is 1. The molecule has 0 saturated heterocycles. The predicted octanol–water partition coefficient (Wildman–Crippen LogP) is 6.52. The summed E-state index contributed by atoms with van der Waals surface area (Å²) >= 11 is 1.32. The quantitative estimate of drug-likeness (QED) is 0.567. The van der Waals surface area contributed by atoms with E-state index in [1.54, 1.807) is 18.2 Å². The van der Waals surface area contributed by atoms with E-state index < -0.39 is 0 Å². The van der Waals surface area contributed by atoms with E-state index in [1.165, 1.54) is 22.5 Å². The van der Waals surface area contributed by atoms with Gasteiger partial charge in [-0.15, -0.1) is 11.3 Å². The first kappa shape index (κ1) is 16.8. The molecule has 0 N–H and O–H groups in total. The molecule has 1 aromatic carbocycles. The van der Waals surface area contributed by atoms with E-state index in [0.717, 1.165) is 36.0 Å². The van der Waals surface area contributed by atoms with Crippen molar-refractivity contribution in [2.45, 2.75) is 33.1 Å². The fraction of sp³-hybridized carbons (Fsp3) is 0.286. The largest absolute Gasteiger partial charge is 0.297 e. The van der Waals surface area contributed by atoms with Gasteiger partial charge in [0.05, 0.1) is 4.88 Å². The van der Waals surface area contributed by atoms with Crippen LogP contribution in [0.15, 0.2) is 48.1 Å². The van der Waals surface area contributed by atoms with Crippen LogP contribution in [0, 0.1) is 11.7 Å². The SMILES string of the molecule is CCCC1=CC=C(c2ccc(-c3ccc(C=O)s3)c(F)c2)CC1C. The maximum Gasteiger partial charge on any atom is 0.160 e. The highest BCUT2D eigenvalue weighted by Gasteiger charge is 2.17. The number of allylic oxidation sites excluding steroid dienone is 4. The van der Waals surface area contributed by atoms with E-state index in [-0.39, 0.29) is 5.82 Å². The van der Waals surface area contributed by atoms with Crippen LogP contribution in [0.3, 0.4) is 0 Å². The second kappa shape index (κ2) is 7.27. The standard InChI is InChI=1S/C21H21FOS/c1-3-4-15-5-6-16(11-14(15)2)17-7-9-19(20(22)12-17)21-10-8-18(13-23)24-21/h5-10,12-14H,3-4,11H2,1-2H3. The zero-order valence-corrected chi connectivity index (χ0v) is 14.8. The van der Waals surface area contributed by atoms with E-state index in [1.807, 2.05) is 12.1 Å². The first-order valence-electron chi connectivity index (χ1n) is 8.37. The minimum atomic E-state index is -0.233. The Bertz CT molecular complexity index is 813. The Morgan fingerprint density at radius 2 is 2.08 bits per heavy atom. The zero-order chi connectivity index (χ0) is 17.1. The van der Waals surface area contributed by atoms with Crippen LogP contribution in [0.4, 0.5) is 4.39 Å². The van der Waals surface area contributed by atoms with Gasteiger partial charge in [0.25, 0.3) is 0 Å². The van der Waals surface area contributed by atoms with Gasteiger partial charge in [0.2, 0.25) is 0 Å². The monoisotopic (exact) mass is 340 g/mol. The summed E-state index contributed by atoms with van der Waals surface area (Å²) < 4.78 is 14.6. The number of benzene rings is 1. The fourth-order valence-corrected chi connectivity index (χ4v) is 4.06. The van der Waals surface area contributed by atoms with Gasteiger partial charge >= 0.3 is 0 Å². The number of hydrogen-bond acceptors (Lipinski definition) is 2. The molecule has 1 aliphatic rings. The number of hydrogen-bond donors (Lipinski definition) is 0. The highest BCUT2D eigenvalue weighted by Crippen LogP contribution is 2.35. The normalized spacial score (nSPS) is 17.4. The molecule has 124 valence electrons. The molecule has 0 amide bonds. The van der Waals surface area contributed by atoms with Gasteiger partial charge in [-0.3, -0.25) is 4.79 Å². The minimum absolute atomic E-state index is 0.233. The molecule has 2 aromatic rings. The second-order valence-corrected chi connectivity index (χ2v) is 7.42. The topological polar surface area (TPSA) is 17.1 Å². The Morgan fingerprint density at radius 3 is 2.71 bits per heavy atom. The summed E-state index contributed by atoms with van der Waals surface area (Å²) in [5.41, 5.74) is 4.18. The zero-order valence-electron chi connectivity index (χ0n) is 14.0. The average molecular weight is 340 g/mol. The van der Waals surface area contributed by atoms with E-state index in [9.17, 15) is 9.18 Å². The molecule has 1 aromatic heterocycles. The van der Waals surface area contributed by atoms with Crippen LogP contribution in [-0.2, 0) is 0 Å². The van der Waals surface area contributed by atoms with E-state index >= 15 is 0 Å². The first-order valence-corrected chi connectivity index (χ1v) is 9.19. The average Bonchev–Trinajstić information content (AvgIpc) is 3.05. The van der Waals surface area contributed by atoms with Crippen molar-refractivity contribution in [1.29, 1.82) is 0 Å². The third-order valence-corrected chi connectivity index (χ3v) is 5.59. The molecule has 0 fully saturated rings. The minimum Gasteiger partial charge on any atom is -0.297 e. The van der Waals surface area contributed by atoms with Crippen molar-refractivity contribution in [2.75, 3.05) is 0 Å². The number of carbonyl (C=O) groups excluding carboxylic acids is 1. The van der Waals surface area contributed by atoms with Gasteiger partial charge in [0, 0.05) is 10.4 Å². The molecule has 1 unspecified atom stereocenters. The van der Waals surface area contributed by atoms with Crippen LogP contribution in [0.5, 0.6) is 0 Å². The van der Waals surface area contributed by atoms with Crippen LogP contribution in [0.1, 0.15) is 48.3 Å². The first-order chi connectivity index (χ1) is 11.6. The van der Waals surface area contributed by atoms with Gasteiger partial charge in [-0.05, 0) is 48.1 Å². The Morgan fingerprint density at radius 1 is 1.25 bits per heavy atom. The Hall–Kier alpha value is -2.00. The molecule has 3 heteroatoms. The molecule has 0 aliphatic heterocycles. The summed E-state index contributed by atoms with van der Waals surface area (Å²) in [4.78, 5) is 12.2. The second-order valence-electron chi connectivity index (χ2n) is 6.30. The van der Waals surface area contributed by atoms with Crippen molar-refractivity contribution in [3.8, 4) is 10.4 Å². The van der Waals surface area contributed by atoms with Crippen molar-refractivity contribution in [3.63, 3.8) is 0 Å². The van der Waals surface area contributed by atoms with Crippen molar-refractivity contribution in [3.05, 3.63) is 64.3 Å². The van der Waals surface area contributed by atoms with Crippen molar-refractivity contribution in [2.24, 2.45) is 5.92 Å². The van der Waals surface area contributed by atoms with Gasteiger partial charge in [-0.1, -0.05) is 50.1 Å². The molecule has 0 spiro atoms. The van der Waals surface area contributed by atoms with Gasteiger partial charge in [-0.25, -0.2) is 4.39 Å². The highest BCUT2D eigenvalue weighted by molar-refractivity contribution is 7.17. The maximum absolute atomic E-state index is 14.6. The predicted molar refractivity (Wildman–Crippen MR) is 99.8 cm³/mol. The van der Waals surface area contributed by atoms with Crippen LogP contribution < -0.4 is 0 Å². The summed E-state index contributed by atoms with van der Waals surface area (Å²) in [6.45, 7) is 4.44. The lowest BCUT2D eigenvalue weighted by molar-refractivity contribution is 0.112. The van der Waals surface area contributed by atoms with Crippen molar-refractivity contribution >= 4 is 23.2 Å². The van der Waals surface area contributed by atoms with Crippen LogP contribution in [0.2, 0.25) is 0 Å². The number of rotatable bonds is 5. The van der Waals surface area contributed by atoms with E-state index in [2.05, 4.69) is 26.0 Å². The summed E-state index contributed by atoms with van der Waals surface area (Å²) in [5.74, 6) is 0.281. The molecule has 3 rings (SSSR count). The maximum atomic E-state index is 14.6. The summed E-state index contributed by atoms with van der Waals surface area (Å²) in [5, 5.41) is 0. The molecule has 1 aliphatic carbocycles. The van der Waals surface area contributed by atoms with Gasteiger partial charge in [-0.2, -0.15) is 0 Å². The lowest BCUT2D eigenvalue weighted by atomic mass is 9.83. The Balaban J connectivity index is 1.89. The Kier molecular flexibility index (Phi) is 5.10. The van der Waals surface area contributed by atoms with Crippen LogP contribution >= 0.6 is 11.3 Å². The molecule has 24 heavy (non-hydrogen) atoms. The molecule has 0 bridgehead atoms. The molecular formula is C21H21FOS. The van der Waals surface area contributed by atoms with Crippen LogP contribution in [0.25, 0.3) is 16.0 Å². The number of thiophene rings is 1. The lowest BCUT2D eigenvalue weighted by Gasteiger charge is -2.22. The van der Waals surface area contributed by atoms with Crippen LogP contribution in [-0.4, -0.2) is 6.29 Å². The van der Waals surface area contributed by atoms with Crippen molar-refractivity contribution < 1.29 is 9.18 Å². The molecular weight excluding hydrogens is 319 g/mol. The van der Waals surface area contributed by atoms with Gasteiger partial charge in [0.15, 0.2) is 6.29 Å². The third-order valence-electron chi connectivity index (χ3n) is 4.54. The van der Waals surface area contributed by atoms with Crippen molar-refractivity contribution in [1.82, 2.24) is 0 Å².